The molecule has 0 atom stereocenters. The van der Waals surface area contributed by atoms with Crippen molar-refractivity contribution in [1.29, 1.82) is 0 Å². The molecule has 0 bridgehead atoms. The lowest BCUT2D eigenvalue weighted by Gasteiger charge is -2.03. The first-order valence-corrected chi connectivity index (χ1v) is 6.29. The molecular formula is C12H13FN2O2S. The van der Waals surface area contributed by atoms with E-state index in [0.29, 0.717) is 28.7 Å². The van der Waals surface area contributed by atoms with Crippen LogP contribution < -0.4 is 5.73 Å². The molecule has 0 radical (unpaired) electrons. The van der Waals surface area contributed by atoms with Crippen molar-refractivity contribution in [3.8, 4) is 0 Å². The van der Waals surface area contributed by atoms with Gasteiger partial charge in [-0.3, -0.25) is 0 Å². The zero-order valence-corrected chi connectivity index (χ0v) is 10.7. The van der Waals surface area contributed by atoms with E-state index in [2.05, 4.69) is 5.16 Å². The zero-order valence-electron chi connectivity index (χ0n) is 9.85. The number of anilines is 1. The lowest BCUT2D eigenvalue weighted by atomic mass is 10.3. The number of nitrogens with two attached hydrogens (primary N) is 1. The molecule has 1 aromatic heterocycles. The summed E-state index contributed by atoms with van der Waals surface area (Å²) in [6.45, 7) is 0.389. The van der Waals surface area contributed by atoms with E-state index < -0.39 is 0 Å². The molecule has 0 spiro atoms. The van der Waals surface area contributed by atoms with Gasteiger partial charge in [-0.15, -0.1) is 11.8 Å². The van der Waals surface area contributed by atoms with E-state index in [1.165, 1.54) is 23.9 Å². The van der Waals surface area contributed by atoms with Gasteiger partial charge in [-0.25, -0.2) is 4.39 Å². The van der Waals surface area contributed by atoms with Gasteiger partial charge in [0.05, 0.1) is 5.69 Å². The van der Waals surface area contributed by atoms with Crippen molar-refractivity contribution in [2.24, 2.45) is 0 Å². The van der Waals surface area contributed by atoms with Gasteiger partial charge < -0.3 is 15.0 Å². The Morgan fingerprint density at radius 3 is 3.06 bits per heavy atom. The lowest BCUT2D eigenvalue weighted by Crippen LogP contribution is -1.90. The van der Waals surface area contributed by atoms with E-state index >= 15 is 0 Å². The number of ether oxygens (including phenoxy) is 1. The molecule has 1 heterocycles. The Balaban J connectivity index is 1.99. The molecule has 2 N–H and O–H groups in total. The Bertz CT molecular complexity index is 531. The van der Waals surface area contributed by atoms with Crippen molar-refractivity contribution < 1.29 is 13.7 Å². The summed E-state index contributed by atoms with van der Waals surface area (Å²) in [4.78, 5) is 0.700. The number of benzene rings is 1. The first kappa shape index (κ1) is 12.9. The van der Waals surface area contributed by atoms with E-state index in [9.17, 15) is 4.39 Å². The van der Waals surface area contributed by atoms with Crippen LogP contribution in [0.3, 0.4) is 0 Å². The molecule has 0 aliphatic carbocycles. The second-order valence-electron chi connectivity index (χ2n) is 3.69. The fourth-order valence-corrected chi connectivity index (χ4v) is 2.29. The molecule has 1 aromatic carbocycles. The highest BCUT2D eigenvalue weighted by molar-refractivity contribution is 7.98. The number of hydrogen-bond acceptors (Lipinski definition) is 5. The smallest absolute Gasteiger partial charge is 0.162 e. The summed E-state index contributed by atoms with van der Waals surface area (Å²) < 4.78 is 23.0. The third kappa shape index (κ3) is 3.24. The minimum atomic E-state index is -0.299. The van der Waals surface area contributed by atoms with Crippen LogP contribution >= 0.6 is 11.8 Å². The second kappa shape index (κ2) is 5.88. The van der Waals surface area contributed by atoms with Crippen LogP contribution in [0.15, 0.2) is 33.7 Å². The van der Waals surface area contributed by atoms with Crippen molar-refractivity contribution in [3.05, 3.63) is 41.5 Å². The number of thioether (sulfide) groups is 1. The first-order chi connectivity index (χ1) is 8.69. The molecular weight excluding hydrogens is 255 g/mol. The monoisotopic (exact) mass is 268 g/mol. The van der Waals surface area contributed by atoms with E-state index in [1.807, 2.05) is 6.07 Å². The second-order valence-corrected chi connectivity index (χ2v) is 4.71. The Morgan fingerprint density at radius 1 is 1.44 bits per heavy atom. The van der Waals surface area contributed by atoms with Crippen molar-refractivity contribution in [2.45, 2.75) is 17.3 Å². The maximum Gasteiger partial charge on any atom is 0.162 e. The summed E-state index contributed by atoms with van der Waals surface area (Å²) >= 11 is 1.42. The van der Waals surface area contributed by atoms with Crippen LogP contribution in [-0.4, -0.2) is 12.3 Å². The van der Waals surface area contributed by atoms with Gasteiger partial charge in [0, 0.05) is 29.5 Å². The SMILES string of the molecule is COCc1cc(CSc2cc(F)ccc2N)no1. The normalized spacial score (nSPS) is 10.8. The summed E-state index contributed by atoms with van der Waals surface area (Å²) in [5.41, 5.74) is 7.09. The van der Waals surface area contributed by atoms with E-state index in [4.69, 9.17) is 15.0 Å². The van der Waals surface area contributed by atoms with Gasteiger partial charge in [0.2, 0.25) is 0 Å². The van der Waals surface area contributed by atoms with Gasteiger partial charge in [0.15, 0.2) is 5.76 Å². The standard InChI is InChI=1S/C12H13FN2O2S/c1-16-6-10-5-9(15-17-10)7-18-12-4-8(13)2-3-11(12)14/h2-5H,6-7,14H2,1H3. The fraction of sp³-hybridized carbons (Fsp3) is 0.250. The Labute approximate surface area is 108 Å². The molecule has 18 heavy (non-hydrogen) atoms. The van der Waals surface area contributed by atoms with Crippen LogP contribution in [0.5, 0.6) is 0 Å². The van der Waals surface area contributed by atoms with Crippen molar-refractivity contribution in [1.82, 2.24) is 5.16 Å². The first-order valence-electron chi connectivity index (χ1n) is 5.30. The largest absolute Gasteiger partial charge is 0.398 e. The van der Waals surface area contributed by atoms with Gasteiger partial charge in [-0.1, -0.05) is 5.16 Å². The van der Waals surface area contributed by atoms with Gasteiger partial charge in [0.1, 0.15) is 12.4 Å². The Hall–Kier alpha value is -1.53. The van der Waals surface area contributed by atoms with Gasteiger partial charge in [-0.2, -0.15) is 0 Å². The maximum atomic E-state index is 13.1. The topological polar surface area (TPSA) is 61.3 Å². The number of methoxy groups -OCH3 is 1. The quantitative estimate of drug-likeness (QED) is 0.667. The van der Waals surface area contributed by atoms with E-state index in [-0.39, 0.29) is 5.82 Å². The number of nitrogens with zero attached hydrogens (tertiary/aromatic N) is 1. The molecule has 0 aliphatic rings. The lowest BCUT2D eigenvalue weighted by molar-refractivity contribution is 0.156. The van der Waals surface area contributed by atoms with Crippen molar-refractivity contribution in [2.75, 3.05) is 12.8 Å². The van der Waals surface area contributed by atoms with Crippen molar-refractivity contribution in [3.63, 3.8) is 0 Å². The third-order valence-electron chi connectivity index (χ3n) is 2.25. The van der Waals surface area contributed by atoms with Crippen LogP contribution in [0, 0.1) is 5.82 Å². The predicted octanol–water partition coefficient (Wildman–Crippen LogP) is 2.83. The van der Waals surface area contributed by atoms with Crippen LogP contribution in [0.1, 0.15) is 11.5 Å². The number of nitrogen functional groups attached to an aromatic ring is 1. The highest BCUT2D eigenvalue weighted by Crippen LogP contribution is 2.28. The van der Waals surface area contributed by atoms with Gasteiger partial charge >= 0.3 is 0 Å². The fourth-order valence-electron chi connectivity index (χ4n) is 1.42. The van der Waals surface area contributed by atoms with Crippen LogP contribution in [-0.2, 0) is 17.1 Å². The van der Waals surface area contributed by atoms with Gasteiger partial charge in [-0.05, 0) is 18.2 Å². The Morgan fingerprint density at radius 2 is 2.28 bits per heavy atom. The molecule has 2 aromatic rings. The average molecular weight is 268 g/mol. The van der Waals surface area contributed by atoms with E-state index in [0.717, 1.165) is 5.69 Å². The molecule has 4 nitrogen and oxygen atoms in total. The summed E-state index contributed by atoms with van der Waals surface area (Å²) in [6, 6.07) is 6.12. The van der Waals surface area contributed by atoms with E-state index in [1.54, 1.807) is 13.2 Å². The average Bonchev–Trinajstić information content (AvgIpc) is 2.79. The molecule has 96 valence electrons. The number of rotatable bonds is 5. The Kier molecular flexibility index (Phi) is 4.22. The molecule has 0 saturated carbocycles. The molecule has 6 heteroatoms. The zero-order chi connectivity index (χ0) is 13.0. The molecule has 2 rings (SSSR count). The van der Waals surface area contributed by atoms with Crippen LogP contribution in [0.2, 0.25) is 0 Å². The minimum absolute atomic E-state index is 0.299. The molecule has 0 saturated heterocycles. The number of aromatic nitrogens is 1. The molecule has 0 amide bonds. The van der Waals surface area contributed by atoms with Crippen LogP contribution in [0.25, 0.3) is 0 Å². The van der Waals surface area contributed by atoms with Crippen LogP contribution in [0.4, 0.5) is 10.1 Å². The molecule has 0 unspecified atom stereocenters. The van der Waals surface area contributed by atoms with Crippen molar-refractivity contribution >= 4 is 17.4 Å². The summed E-state index contributed by atoms with van der Waals surface area (Å²) in [6.07, 6.45) is 0. The maximum absolute atomic E-state index is 13.1. The number of hydrogen-bond donors (Lipinski definition) is 1. The molecule has 0 fully saturated rings. The highest BCUT2D eigenvalue weighted by atomic mass is 32.2. The summed E-state index contributed by atoms with van der Waals surface area (Å²) in [5.74, 6) is 0.938. The summed E-state index contributed by atoms with van der Waals surface area (Å²) in [7, 11) is 1.59. The predicted molar refractivity (Wildman–Crippen MR) is 67.6 cm³/mol. The van der Waals surface area contributed by atoms with Gasteiger partial charge in [0.25, 0.3) is 0 Å². The highest BCUT2D eigenvalue weighted by Gasteiger charge is 2.07. The molecule has 0 aliphatic heterocycles. The number of halogens is 1. The third-order valence-corrected chi connectivity index (χ3v) is 3.35. The summed E-state index contributed by atoms with van der Waals surface area (Å²) in [5, 5.41) is 3.89. The minimum Gasteiger partial charge on any atom is -0.398 e.